The molecule has 33 heavy (non-hydrogen) atoms. The van der Waals surface area contributed by atoms with Crippen molar-refractivity contribution >= 4 is 41.4 Å². The van der Waals surface area contributed by atoms with Crippen LogP contribution < -0.4 is 27.4 Å². The maximum Gasteiger partial charge on any atom is 0.326 e. The first kappa shape index (κ1) is 30.6. The molecular formula is C19H35N5O8S. The lowest BCUT2D eigenvalue weighted by atomic mass is 10.1. The number of hydrogen-bond donors (Lipinski definition) is 8. The molecule has 13 nitrogen and oxygen atoms in total. The van der Waals surface area contributed by atoms with E-state index in [0.717, 1.165) is 0 Å². The summed E-state index contributed by atoms with van der Waals surface area (Å²) in [4.78, 5) is 59.9. The molecule has 3 amide bonds. The van der Waals surface area contributed by atoms with Crippen molar-refractivity contribution in [3.8, 4) is 0 Å². The largest absolute Gasteiger partial charge is 0.481 e. The Morgan fingerprint density at radius 3 is 1.85 bits per heavy atom. The molecule has 190 valence electrons. The zero-order valence-corrected chi connectivity index (χ0v) is 19.6. The van der Waals surface area contributed by atoms with Gasteiger partial charge in [-0.2, -0.15) is 11.8 Å². The van der Waals surface area contributed by atoms with E-state index in [9.17, 15) is 29.1 Å². The first-order chi connectivity index (χ1) is 15.4. The van der Waals surface area contributed by atoms with E-state index in [2.05, 4.69) is 16.0 Å². The second kappa shape index (κ2) is 16.2. The van der Waals surface area contributed by atoms with E-state index >= 15 is 0 Å². The number of hydrogen-bond acceptors (Lipinski definition) is 9. The number of nitrogens with one attached hydrogen (secondary N) is 3. The van der Waals surface area contributed by atoms with Crippen molar-refractivity contribution in [2.24, 2.45) is 11.5 Å². The number of carboxylic acid groups (broad SMARTS) is 2. The third kappa shape index (κ3) is 12.4. The molecule has 0 saturated carbocycles. The smallest absolute Gasteiger partial charge is 0.326 e. The molecule has 0 heterocycles. The van der Waals surface area contributed by atoms with Crippen LogP contribution in [0.2, 0.25) is 0 Å². The Labute approximate surface area is 196 Å². The standard InChI is InChI=1S/C19H35N5O8S/c1-10(25)15(21)18(30)23-12(6-8-33-2)17(29)22-11(5-3-4-7-20)16(28)24-13(19(31)32)9-14(26)27/h10-13,15,25H,3-9,20-21H2,1-2H3,(H,22,29)(H,23,30)(H,24,28)(H,26,27)(H,31,32). The third-order valence-electron chi connectivity index (χ3n) is 4.64. The Bertz CT molecular complexity index is 679. The molecule has 0 saturated heterocycles. The second-order valence-electron chi connectivity index (χ2n) is 7.45. The number of amides is 3. The maximum atomic E-state index is 12.9. The summed E-state index contributed by atoms with van der Waals surface area (Å²) in [5.41, 5.74) is 11.1. The van der Waals surface area contributed by atoms with Crippen LogP contribution in [-0.4, -0.2) is 93.8 Å². The van der Waals surface area contributed by atoms with E-state index in [1.54, 1.807) is 6.26 Å². The maximum absolute atomic E-state index is 12.9. The van der Waals surface area contributed by atoms with E-state index in [1.807, 2.05) is 0 Å². The number of carbonyl (C=O) groups excluding carboxylic acids is 3. The van der Waals surface area contributed by atoms with Gasteiger partial charge in [0.1, 0.15) is 24.2 Å². The monoisotopic (exact) mass is 493 g/mol. The lowest BCUT2D eigenvalue weighted by Gasteiger charge is -2.25. The third-order valence-corrected chi connectivity index (χ3v) is 5.28. The van der Waals surface area contributed by atoms with Crippen LogP contribution in [0.1, 0.15) is 39.0 Å². The van der Waals surface area contributed by atoms with Crippen LogP contribution in [0.15, 0.2) is 0 Å². The van der Waals surface area contributed by atoms with Crippen LogP contribution in [0.3, 0.4) is 0 Å². The Morgan fingerprint density at radius 2 is 1.39 bits per heavy atom. The molecule has 0 radical (unpaired) electrons. The molecule has 5 unspecified atom stereocenters. The molecule has 0 aliphatic heterocycles. The molecule has 14 heteroatoms. The van der Waals surface area contributed by atoms with Gasteiger partial charge in [-0.25, -0.2) is 4.79 Å². The lowest BCUT2D eigenvalue weighted by Crippen LogP contribution is -2.58. The van der Waals surface area contributed by atoms with Gasteiger partial charge in [-0.05, 0) is 51.2 Å². The summed E-state index contributed by atoms with van der Waals surface area (Å²) in [6.45, 7) is 1.66. The molecular weight excluding hydrogens is 458 g/mol. The van der Waals surface area contributed by atoms with E-state index in [-0.39, 0.29) is 12.8 Å². The highest BCUT2D eigenvalue weighted by molar-refractivity contribution is 7.98. The molecule has 0 fully saturated rings. The van der Waals surface area contributed by atoms with Crippen molar-refractivity contribution in [2.45, 2.75) is 69.3 Å². The molecule has 0 spiro atoms. The van der Waals surface area contributed by atoms with Crippen molar-refractivity contribution in [2.75, 3.05) is 18.6 Å². The van der Waals surface area contributed by atoms with Crippen molar-refractivity contribution < 1.29 is 39.3 Å². The Morgan fingerprint density at radius 1 is 0.879 bits per heavy atom. The number of aliphatic carboxylic acids is 2. The van der Waals surface area contributed by atoms with Gasteiger partial charge in [0.15, 0.2) is 0 Å². The summed E-state index contributed by atoms with van der Waals surface area (Å²) >= 11 is 1.42. The Kier molecular flexibility index (Phi) is 15.0. The molecule has 5 atom stereocenters. The average molecular weight is 494 g/mol. The van der Waals surface area contributed by atoms with Gasteiger partial charge >= 0.3 is 11.9 Å². The lowest BCUT2D eigenvalue weighted by molar-refractivity contribution is -0.147. The van der Waals surface area contributed by atoms with Gasteiger partial charge in [-0.15, -0.1) is 0 Å². The molecule has 0 bridgehead atoms. The molecule has 0 aromatic carbocycles. The summed E-state index contributed by atoms with van der Waals surface area (Å²) in [6, 6.07) is -5.18. The number of thioether (sulfide) groups is 1. The molecule has 0 rings (SSSR count). The summed E-state index contributed by atoms with van der Waals surface area (Å²) < 4.78 is 0. The number of aliphatic hydroxyl groups excluding tert-OH is 1. The van der Waals surface area contributed by atoms with Gasteiger partial charge in [-0.1, -0.05) is 0 Å². The van der Waals surface area contributed by atoms with Crippen molar-refractivity contribution in [1.82, 2.24) is 16.0 Å². The van der Waals surface area contributed by atoms with Crippen LogP contribution in [0.25, 0.3) is 0 Å². The fourth-order valence-corrected chi connectivity index (χ4v) is 3.14. The number of nitrogens with two attached hydrogens (primary N) is 2. The average Bonchev–Trinajstić information content (AvgIpc) is 2.73. The van der Waals surface area contributed by atoms with Crippen LogP contribution in [0.5, 0.6) is 0 Å². The fourth-order valence-electron chi connectivity index (χ4n) is 2.67. The highest BCUT2D eigenvalue weighted by atomic mass is 32.2. The molecule has 0 aromatic rings. The van der Waals surface area contributed by atoms with Gasteiger partial charge in [0, 0.05) is 0 Å². The summed E-state index contributed by atoms with van der Waals surface area (Å²) in [5.74, 6) is -4.78. The van der Waals surface area contributed by atoms with Crippen molar-refractivity contribution in [3.63, 3.8) is 0 Å². The normalized spacial score (nSPS) is 15.4. The van der Waals surface area contributed by atoms with E-state index in [0.29, 0.717) is 25.1 Å². The topological polar surface area (TPSA) is 234 Å². The van der Waals surface area contributed by atoms with E-state index in [1.165, 1.54) is 18.7 Å². The number of carbonyl (C=O) groups is 5. The predicted octanol–water partition coefficient (Wildman–Crippen LogP) is -2.41. The van der Waals surface area contributed by atoms with Crippen molar-refractivity contribution in [3.05, 3.63) is 0 Å². The first-order valence-corrected chi connectivity index (χ1v) is 11.8. The minimum Gasteiger partial charge on any atom is -0.481 e. The quantitative estimate of drug-likeness (QED) is 0.0993. The van der Waals surface area contributed by atoms with Crippen LogP contribution in [0.4, 0.5) is 0 Å². The molecule has 0 aliphatic carbocycles. The zero-order chi connectivity index (χ0) is 25.6. The van der Waals surface area contributed by atoms with Crippen LogP contribution in [0, 0.1) is 0 Å². The van der Waals surface area contributed by atoms with Gasteiger partial charge in [0.2, 0.25) is 17.7 Å². The van der Waals surface area contributed by atoms with Crippen molar-refractivity contribution in [1.29, 1.82) is 0 Å². The predicted molar refractivity (Wildman–Crippen MR) is 121 cm³/mol. The van der Waals surface area contributed by atoms with E-state index in [4.69, 9.17) is 21.7 Å². The first-order valence-electron chi connectivity index (χ1n) is 10.4. The number of carboxylic acids is 2. The number of unbranched alkanes of at least 4 members (excludes halogenated alkanes) is 1. The minimum atomic E-state index is -1.68. The van der Waals surface area contributed by atoms with Gasteiger partial charge < -0.3 is 42.7 Å². The van der Waals surface area contributed by atoms with Gasteiger partial charge in [-0.3, -0.25) is 19.2 Å². The summed E-state index contributed by atoms with van der Waals surface area (Å²) in [6.07, 6.45) is 1.10. The Hall–Kier alpha value is -2.42. The van der Waals surface area contributed by atoms with E-state index < -0.39 is 66.4 Å². The molecule has 10 N–H and O–H groups in total. The number of rotatable bonds is 17. The summed E-state index contributed by atoms with van der Waals surface area (Å²) in [7, 11) is 0. The second-order valence-corrected chi connectivity index (χ2v) is 8.44. The highest BCUT2D eigenvalue weighted by Gasteiger charge is 2.31. The Balaban J connectivity index is 5.49. The highest BCUT2D eigenvalue weighted by Crippen LogP contribution is 2.07. The minimum absolute atomic E-state index is 0.116. The van der Waals surface area contributed by atoms with Gasteiger partial charge in [0.05, 0.1) is 12.5 Å². The van der Waals surface area contributed by atoms with Gasteiger partial charge in [0.25, 0.3) is 0 Å². The summed E-state index contributed by atoms with van der Waals surface area (Å²) in [5, 5.41) is 34.6. The SMILES string of the molecule is CSCCC(NC(=O)C(N)C(C)O)C(=O)NC(CCCCN)C(=O)NC(CC(=O)O)C(=O)O. The van der Waals surface area contributed by atoms with Crippen LogP contribution >= 0.6 is 11.8 Å². The zero-order valence-electron chi connectivity index (χ0n) is 18.8. The van der Waals surface area contributed by atoms with Crippen LogP contribution in [-0.2, 0) is 24.0 Å². The molecule has 0 aromatic heterocycles. The fraction of sp³-hybridized carbons (Fsp3) is 0.737. The number of aliphatic hydroxyl groups is 1. The molecule has 0 aliphatic rings.